The highest BCUT2D eigenvalue weighted by Crippen LogP contribution is 2.74. The number of epoxide rings is 1. The van der Waals surface area contributed by atoms with Crippen LogP contribution in [0, 0.1) is 17.3 Å². The standard InChI is InChI=1S/C24H32O6/c1-15(25)23(29-16(2)26)9-6-18-17-4-8-21-14-22(27-12-13-28-22)10-11-24(21,30-21)19(17)5-7-20(18,23)3/h5,17-18H,4,6-14H2,1-3H3/t17?,18?,20-,21+,23-,24+/m0/s1. The second-order valence-corrected chi connectivity index (χ2v) is 10.8. The van der Waals surface area contributed by atoms with E-state index < -0.39 is 11.4 Å². The van der Waals surface area contributed by atoms with E-state index in [2.05, 4.69) is 13.0 Å². The Kier molecular flexibility index (Phi) is 3.73. The number of Topliss-reactive ketones (excluding diaryl/α,β-unsaturated/α-hetero) is 1. The molecule has 3 saturated carbocycles. The van der Waals surface area contributed by atoms with Gasteiger partial charge in [-0.15, -0.1) is 0 Å². The molecule has 2 heterocycles. The van der Waals surface area contributed by atoms with E-state index in [1.165, 1.54) is 12.5 Å². The zero-order chi connectivity index (χ0) is 21.0. The molecule has 0 aromatic carbocycles. The molecule has 6 atom stereocenters. The average molecular weight is 417 g/mol. The molecule has 0 amide bonds. The van der Waals surface area contributed by atoms with Gasteiger partial charge >= 0.3 is 5.97 Å². The van der Waals surface area contributed by atoms with Crippen molar-refractivity contribution in [2.24, 2.45) is 17.3 Å². The van der Waals surface area contributed by atoms with Gasteiger partial charge in [0, 0.05) is 25.2 Å². The topological polar surface area (TPSA) is 74.4 Å². The van der Waals surface area contributed by atoms with E-state index in [1.807, 2.05) is 0 Å². The zero-order valence-corrected chi connectivity index (χ0v) is 18.3. The average Bonchev–Trinajstić information content (AvgIpc) is 3.00. The summed E-state index contributed by atoms with van der Waals surface area (Å²) in [6.45, 7) is 6.54. The van der Waals surface area contributed by atoms with Crippen LogP contribution in [0.1, 0.15) is 72.1 Å². The molecule has 0 aromatic rings. The number of hydrogen-bond donors (Lipinski definition) is 0. The molecule has 1 spiro atoms. The van der Waals surface area contributed by atoms with Gasteiger partial charge in [-0.25, -0.2) is 0 Å². The predicted molar refractivity (Wildman–Crippen MR) is 106 cm³/mol. The monoisotopic (exact) mass is 416 g/mol. The van der Waals surface area contributed by atoms with Crippen LogP contribution in [0.4, 0.5) is 0 Å². The molecule has 5 fully saturated rings. The number of ketones is 1. The maximum atomic E-state index is 12.8. The summed E-state index contributed by atoms with van der Waals surface area (Å²) in [6.07, 6.45) is 9.38. The van der Waals surface area contributed by atoms with E-state index in [9.17, 15) is 9.59 Å². The van der Waals surface area contributed by atoms with Crippen LogP contribution in [0.15, 0.2) is 11.6 Å². The summed E-state index contributed by atoms with van der Waals surface area (Å²) in [5.74, 6) is -0.0745. The molecule has 6 aliphatic rings. The molecule has 2 saturated heterocycles. The van der Waals surface area contributed by atoms with Crippen molar-refractivity contribution in [3.63, 3.8) is 0 Å². The van der Waals surface area contributed by atoms with Crippen molar-refractivity contribution in [3.8, 4) is 0 Å². The van der Waals surface area contributed by atoms with Crippen molar-refractivity contribution in [1.82, 2.24) is 0 Å². The first-order valence-corrected chi connectivity index (χ1v) is 11.6. The lowest BCUT2D eigenvalue weighted by atomic mass is 9.52. The third-order valence-corrected chi connectivity index (χ3v) is 9.68. The van der Waals surface area contributed by atoms with Crippen LogP contribution in [-0.2, 0) is 28.5 Å². The van der Waals surface area contributed by atoms with Gasteiger partial charge < -0.3 is 18.9 Å². The van der Waals surface area contributed by atoms with Gasteiger partial charge in [0.2, 0.25) is 0 Å². The third kappa shape index (κ3) is 2.11. The number of esters is 1. The van der Waals surface area contributed by atoms with Gasteiger partial charge in [0.15, 0.2) is 17.2 Å². The Bertz CT molecular complexity index is 858. The van der Waals surface area contributed by atoms with Crippen molar-refractivity contribution >= 4 is 11.8 Å². The zero-order valence-electron chi connectivity index (χ0n) is 18.3. The van der Waals surface area contributed by atoms with Crippen molar-refractivity contribution in [3.05, 3.63) is 11.6 Å². The quantitative estimate of drug-likeness (QED) is 0.390. The number of ether oxygens (including phenoxy) is 4. The Morgan fingerprint density at radius 3 is 2.53 bits per heavy atom. The summed E-state index contributed by atoms with van der Waals surface area (Å²) in [4.78, 5) is 24.8. The molecule has 30 heavy (non-hydrogen) atoms. The van der Waals surface area contributed by atoms with Gasteiger partial charge in [0.05, 0.1) is 13.2 Å². The lowest BCUT2D eigenvalue weighted by molar-refractivity contribution is -0.186. The van der Waals surface area contributed by atoms with Gasteiger partial charge in [-0.2, -0.15) is 0 Å². The molecule has 0 N–H and O–H groups in total. The van der Waals surface area contributed by atoms with Crippen molar-refractivity contribution < 1.29 is 28.5 Å². The number of fused-ring (bicyclic) bond motifs is 3. The lowest BCUT2D eigenvalue weighted by Gasteiger charge is -2.52. The van der Waals surface area contributed by atoms with Crippen molar-refractivity contribution in [2.75, 3.05) is 13.2 Å². The highest BCUT2D eigenvalue weighted by Gasteiger charge is 2.80. The van der Waals surface area contributed by atoms with Gasteiger partial charge in [0.1, 0.15) is 11.2 Å². The summed E-state index contributed by atoms with van der Waals surface area (Å²) in [7, 11) is 0. The fourth-order valence-corrected chi connectivity index (χ4v) is 8.39. The number of carbonyl (C=O) groups is 2. The van der Waals surface area contributed by atoms with Crippen molar-refractivity contribution in [2.45, 2.75) is 94.7 Å². The predicted octanol–water partition coefficient (Wildman–Crippen LogP) is 3.47. The van der Waals surface area contributed by atoms with Crippen LogP contribution >= 0.6 is 0 Å². The Balaban J connectivity index is 1.35. The molecule has 6 nitrogen and oxygen atoms in total. The van der Waals surface area contributed by atoms with Gasteiger partial charge in [-0.05, 0) is 62.9 Å². The van der Waals surface area contributed by atoms with Crippen LogP contribution in [0.25, 0.3) is 0 Å². The Morgan fingerprint density at radius 1 is 1.07 bits per heavy atom. The lowest BCUT2D eigenvalue weighted by Crippen LogP contribution is -2.57. The second kappa shape index (κ2) is 5.76. The summed E-state index contributed by atoms with van der Waals surface area (Å²) in [6, 6.07) is 0. The van der Waals surface area contributed by atoms with E-state index in [4.69, 9.17) is 18.9 Å². The highest BCUT2D eigenvalue weighted by atomic mass is 16.7. The fraction of sp³-hybridized carbons (Fsp3) is 0.833. The molecule has 0 bridgehead atoms. The highest BCUT2D eigenvalue weighted by molar-refractivity contribution is 5.89. The molecule has 2 unspecified atom stereocenters. The van der Waals surface area contributed by atoms with E-state index in [1.54, 1.807) is 6.92 Å². The maximum Gasteiger partial charge on any atom is 0.303 e. The summed E-state index contributed by atoms with van der Waals surface area (Å²) >= 11 is 0. The van der Waals surface area contributed by atoms with Crippen LogP contribution in [0.3, 0.4) is 0 Å². The Labute approximate surface area is 177 Å². The summed E-state index contributed by atoms with van der Waals surface area (Å²) in [5.41, 5.74) is -0.202. The molecular formula is C24H32O6. The van der Waals surface area contributed by atoms with E-state index >= 15 is 0 Å². The summed E-state index contributed by atoms with van der Waals surface area (Å²) < 4.78 is 24.5. The molecule has 4 aliphatic carbocycles. The smallest absolute Gasteiger partial charge is 0.303 e. The fourth-order valence-electron chi connectivity index (χ4n) is 8.39. The molecule has 0 aromatic heterocycles. The largest absolute Gasteiger partial charge is 0.451 e. The SMILES string of the molecule is CC(=O)O[C@]1(C(C)=O)CCC2C3CC[C@@]45CC6(CC[C@@]4(O5)C3=CC[C@@]21C)OCCO6. The molecule has 0 radical (unpaired) electrons. The number of carbonyl (C=O) groups excluding carboxylic acids is 2. The number of hydrogen-bond acceptors (Lipinski definition) is 6. The number of allylic oxidation sites excluding steroid dienone is 1. The molecule has 6 heteroatoms. The first-order valence-electron chi connectivity index (χ1n) is 11.6. The first kappa shape index (κ1) is 19.4. The maximum absolute atomic E-state index is 12.8. The van der Waals surface area contributed by atoms with Crippen molar-refractivity contribution in [1.29, 1.82) is 0 Å². The van der Waals surface area contributed by atoms with Crippen LogP contribution < -0.4 is 0 Å². The van der Waals surface area contributed by atoms with Gasteiger partial charge in [0.25, 0.3) is 0 Å². The van der Waals surface area contributed by atoms with Gasteiger partial charge in [-0.1, -0.05) is 13.0 Å². The molecular weight excluding hydrogens is 384 g/mol. The molecule has 6 rings (SSSR count). The first-order chi connectivity index (χ1) is 14.2. The van der Waals surface area contributed by atoms with Crippen LogP contribution in [0.5, 0.6) is 0 Å². The molecule has 164 valence electrons. The van der Waals surface area contributed by atoms with Gasteiger partial charge in [-0.3, -0.25) is 9.59 Å². The minimum absolute atomic E-state index is 0.0133. The Hall–Kier alpha value is -1.24. The normalized spacial score (nSPS) is 50.0. The second-order valence-electron chi connectivity index (χ2n) is 10.8. The van der Waals surface area contributed by atoms with Crippen LogP contribution in [-0.4, -0.2) is 47.6 Å². The Morgan fingerprint density at radius 2 is 1.83 bits per heavy atom. The van der Waals surface area contributed by atoms with Crippen LogP contribution in [0.2, 0.25) is 0 Å². The minimum atomic E-state index is -0.996. The van der Waals surface area contributed by atoms with E-state index in [0.717, 1.165) is 44.9 Å². The minimum Gasteiger partial charge on any atom is -0.451 e. The third-order valence-electron chi connectivity index (χ3n) is 9.68. The number of rotatable bonds is 2. The summed E-state index contributed by atoms with van der Waals surface area (Å²) in [5, 5.41) is 0. The van der Waals surface area contributed by atoms with E-state index in [0.29, 0.717) is 31.5 Å². The molecule has 2 aliphatic heterocycles. The van der Waals surface area contributed by atoms with E-state index in [-0.39, 0.29) is 28.4 Å².